The highest BCUT2D eigenvalue weighted by Gasteiger charge is 2.10. The van der Waals surface area contributed by atoms with Crippen LogP contribution in [0.25, 0.3) is 16.7 Å². The zero-order valence-corrected chi connectivity index (χ0v) is 14.7. The van der Waals surface area contributed by atoms with Crippen LogP contribution in [0.1, 0.15) is 24.1 Å². The molecule has 0 aliphatic heterocycles. The van der Waals surface area contributed by atoms with E-state index in [0.29, 0.717) is 0 Å². The Labute approximate surface area is 149 Å². The topological polar surface area (TPSA) is 46.0 Å². The lowest BCUT2D eigenvalue weighted by Gasteiger charge is -2.13. The lowest BCUT2D eigenvalue weighted by molar-refractivity contribution is 0.622. The molecule has 4 rings (SSSR count). The van der Waals surface area contributed by atoms with E-state index in [-0.39, 0.29) is 6.04 Å². The first kappa shape index (κ1) is 15.6. The van der Waals surface area contributed by atoms with Crippen LogP contribution in [0, 0.1) is 0 Å². The van der Waals surface area contributed by atoms with E-state index in [1.165, 1.54) is 5.56 Å². The van der Waals surface area contributed by atoms with E-state index in [1.807, 2.05) is 24.4 Å². The van der Waals surface area contributed by atoms with Crippen LogP contribution >= 0.6 is 11.3 Å². The lowest BCUT2D eigenvalue weighted by Crippen LogP contribution is -2.19. The van der Waals surface area contributed by atoms with E-state index < -0.39 is 0 Å². The number of nitrogens with one attached hydrogen (secondary N) is 1. The molecular formula is C20H18N4S. The normalized spacial score (nSPS) is 13.2. The van der Waals surface area contributed by atoms with Gasteiger partial charge in [-0.25, -0.2) is 9.98 Å². The number of fused-ring (bicyclic) bond motifs is 1. The van der Waals surface area contributed by atoms with Crippen LogP contribution in [-0.2, 0) is 0 Å². The van der Waals surface area contributed by atoms with Gasteiger partial charge >= 0.3 is 0 Å². The zero-order chi connectivity index (χ0) is 17.2. The maximum Gasteiger partial charge on any atom is 0.190 e. The first-order chi connectivity index (χ1) is 12.2. The molecule has 0 saturated heterocycles. The van der Waals surface area contributed by atoms with Gasteiger partial charge in [-0.15, -0.1) is 11.3 Å². The van der Waals surface area contributed by atoms with E-state index >= 15 is 0 Å². The van der Waals surface area contributed by atoms with Crippen LogP contribution in [0.5, 0.6) is 0 Å². The van der Waals surface area contributed by atoms with Crippen LogP contribution in [-0.4, -0.2) is 14.5 Å². The summed E-state index contributed by atoms with van der Waals surface area (Å²) in [4.78, 5) is 13.2. The second-order valence-corrected chi connectivity index (χ2v) is 6.71. The number of hydrogen-bond acceptors (Lipinski definition) is 3. The molecular weight excluding hydrogens is 328 g/mol. The van der Waals surface area contributed by atoms with Crippen molar-refractivity contribution in [2.45, 2.75) is 13.0 Å². The quantitative estimate of drug-likeness (QED) is 0.576. The molecule has 0 bridgehead atoms. The van der Waals surface area contributed by atoms with Crippen molar-refractivity contribution in [3.05, 3.63) is 88.9 Å². The fourth-order valence-corrected chi connectivity index (χ4v) is 3.74. The van der Waals surface area contributed by atoms with Crippen molar-refractivity contribution >= 4 is 28.1 Å². The third kappa shape index (κ3) is 2.94. The van der Waals surface area contributed by atoms with E-state index in [9.17, 15) is 0 Å². The average molecular weight is 346 g/mol. The van der Waals surface area contributed by atoms with Gasteiger partial charge in [-0.1, -0.05) is 36.9 Å². The number of thiazole rings is 1. The minimum atomic E-state index is 0.212. The summed E-state index contributed by atoms with van der Waals surface area (Å²) in [5.74, 6) is 0. The van der Waals surface area contributed by atoms with Gasteiger partial charge in [-0.05, 0) is 24.6 Å². The molecule has 25 heavy (non-hydrogen) atoms. The van der Waals surface area contributed by atoms with Gasteiger partial charge in [-0.3, -0.25) is 0 Å². The molecule has 3 heterocycles. The molecule has 3 aromatic heterocycles. The molecule has 0 aliphatic rings. The van der Waals surface area contributed by atoms with Gasteiger partial charge in [0.2, 0.25) is 0 Å². The molecule has 0 saturated carbocycles. The Morgan fingerprint density at radius 1 is 1.24 bits per heavy atom. The molecule has 0 fully saturated rings. The highest BCUT2D eigenvalue weighted by atomic mass is 32.1. The molecule has 5 heteroatoms. The fourth-order valence-electron chi connectivity index (χ4n) is 2.92. The minimum absolute atomic E-state index is 0.212. The van der Waals surface area contributed by atoms with Gasteiger partial charge in [0.25, 0.3) is 0 Å². The van der Waals surface area contributed by atoms with Crippen molar-refractivity contribution in [3.63, 3.8) is 0 Å². The van der Waals surface area contributed by atoms with Crippen LogP contribution in [0.15, 0.2) is 78.0 Å². The van der Waals surface area contributed by atoms with Gasteiger partial charge < -0.3 is 9.55 Å². The van der Waals surface area contributed by atoms with Crippen LogP contribution in [0.3, 0.4) is 0 Å². The van der Waals surface area contributed by atoms with Gasteiger partial charge in [0, 0.05) is 34.9 Å². The van der Waals surface area contributed by atoms with Gasteiger partial charge in [0.05, 0.1) is 11.7 Å². The average Bonchev–Trinajstić information content (AvgIpc) is 3.28. The molecule has 0 amide bonds. The second-order valence-electron chi connectivity index (χ2n) is 5.84. The van der Waals surface area contributed by atoms with Crippen LogP contribution in [0.4, 0.5) is 0 Å². The monoisotopic (exact) mass is 346 g/mol. The molecule has 0 radical (unpaired) electrons. The van der Waals surface area contributed by atoms with Crippen LogP contribution < -0.4 is 4.80 Å². The van der Waals surface area contributed by atoms with Crippen LogP contribution in [0.2, 0.25) is 0 Å². The van der Waals surface area contributed by atoms with Gasteiger partial charge in [-0.2, -0.15) is 0 Å². The number of nitrogens with zero attached hydrogens (tertiary/aromatic N) is 3. The van der Waals surface area contributed by atoms with Gasteiger partial charge in [0.1, 0.15) is 5.65 Å². The SMILES string of the molecule is C=C(N=c1sccn1C(C)c1ccccc1)c1c[nH]c2ncccc12. The highest BCUT2D eigenvalue weighted by Crippen LogP contribution is 2.23. The number of aromatic nitrogens is 3. The Hall–Kier alpha value is -2.92. The largest absolute Gasteiger partial charge is 0.345 e. The number of hydrogen-bond donors (Lipinski definition) is 1. The molecule has 124 valence electrons. The van der Waals surface area contributed by atoms with Crippen molar-refractivity contribution in [1.29, 1.82) is 0 Å². The smallest absolute Gasteiger partial charge is 0.190 e. The van der Waals surface area contributed by atoms with E-state index in [0.717, 1.165) is 27.1 Å². The number of H-pyrrole nitrogens is 1. The molecule has 0 aliphatic carbocycles. The van der Waals surface area contributed by atoms with Crippen molar-refractivity contribution in [2.75, 3.05) is 0 Å². The summed E-state index contributed by atoms with van der Waals surface area (Å²) in [6.07, 6.45) is 5.77. The fraction of sp³-hybridized carbons (Fsp3) is 0.100. The Kier molecular flexibility index (Phi) is 4.07. The molecule has 1 atom stereocenters. The maximum absolute atomic E-state index is 4.80. The van der Waals surface area contributed by atoms with E-state index in [1.54, 1.807) is 17.5 Å². The van der Waals surface area contributed by atoms with Crippen molar-refractivity contribution in [1.82, 2.24) is 14.5 Å². The number of pyridine rings is 1. The van der Waals surface area contributed by atoms with Crippen molar-refractivity contribution in [2.24, 2.45) is 4.99 Å². The van der Waals surface area contributed by atoms with Crippen molar-refractivity contribution in [3.8, 4) is 0 Å². The zero-order valence-electron chi connectivity index (χ0n) is 13.9. The Bertz CT molecular complexity index is 1090. The van der Waals surface area contributed by atoms with Crippen molar-refractivity contribution < 1.29 is 0 Å². The summed E-state index contributed by atoms with van der Waals surface area (Å²) in [5, 5.41) is 3.10. The summed E-state index contributed by atoms with van der Waals surface area (Å²) >= 11 is 1.61. The highest BCUT2D eigenvalue weighted by molar-refractivity contribution is 7.07. The second kappa shape index (κ2) is 6.53. The van der Waals surface area contributed by atoms with Gasteiger partial charge in [0.15, 0.2) is 4.80 Å². The molecule has 4 aromatic rings. The minimum Gasteiger partial charge on any atom is -0.345 e. The third-order valence-corrected chi connectivity index (χ3v) is 5.08. The predicted octanol–water partition coefficient (Wildman–Crippen LogP) is 4.61. The summed E-state index contributed by atoms with van der Waals surface area (Å²) < 4.78 is 2.18. The summed E-state index contributed by atoms with van der Waals surface area (Å²) in [5.41, 5.74) is 3.82. The van der Waals surface area contributed by atoms with E-state index in [2.05, 4.69) is 63.9 Å². The Morgan fingerprint density at radius 2 is 2.08 bits per heavy atom. The maximum atomic E-state index is 4.80. The number of benzene rings is 1. The summed E-state index contributed by atoms with van der Waals surface area (Å²) in [6, 6.07) is 14.6. The Balaban J connectivity index is 1.73. The molecule has 1 aromatic carbocycles. The predicted molar refractivity (Wildman–Crippen MR) is 103 cm³/mol. The molecule has 4 nitrogen and oxygen atoms in total. The molecule has 1 unspecified atom stereocenters. The third-order valence-electron chi connectivity index (χ3n) is 4.31. The number of rotatable bonds is 4. The summed E-state index contributed by atoms with van der Waals surface area (Å²) in [7, 11) is 0. The first-order valence-electron chi connectivity index (χ1n) is 8.11. The first-order valence-corrected chi connectivity index (χ1v) is 8.98. The summed E-state index contributed by atoms with van der Waals surface area (Å²) in [6.45, 7) is 6.35. The lowest BCUT2D eigenvalue weighted by atomic mass is 10.1. The number of aromatic amines is 1. The Morgan fingerprint density at radius 3 is 2.92 bits per heavy atom. The van der Waals surface area contributed by atoms with E-state index in [4.69, 9.17) is 4.99 Å². The molecule has 1 N–H and O–H groups in total. The standard InChI is InChI=1S/C20H18N4S/c1-14(18-13-22-19-17(18)9-6-10-21-19)23-20-24(11-12-25-20)15(2)16-7-4-3-5-8-16/h3-13,15H,1H2,2H3,(H,21,22). The molecule has 0 spiro atoms.